The molecule has 0 aliphatic carbocycles. The van der Waals surface area contributed by atoms with Crippen LogP contribution in [-0.2, 0) is 25.7 Å². The normalized spacial score (nSPS) is 13.2. The van der Waals surface area contributed by atoms with Gasteiger partial charge in [0.2, 0.25) is 25.0 Å². The number of benzene rings is 2. The number of methoxy groups -OCH3 is 2. The molecule has 278 valence electrons. The molecule has 15 nitrogen and oxygen atoms in total. The number of pyridine rings is 2. The highest BCUT2D eigenvalue weighted by Gasteiger charge is 2.22. The number of likely N-dealkylation sites (N-methyl/N-ethyl adjacent to an activating group) is 1. The van der Waals surface area contributed by atoms with Crippen LogP contribution in [0.4, 0.5) is 0 Å². The van der Waals surface area contributed by atoms with Gasteiger partial charge in [-0.15, -0.1) is 0 Å². The summed E-state index contributed by atoms with van der Waals surface area (Å²) in [6, 6.07) is 5.98. The maximum atomic E-state index is 14.2. The van der Waals surface area contributed by atoms with E-state index in [1.807, 2.05) is 13.0 Å². The number of fused-ring (bicyclic) bond motifs is 6. The molecule has 2 unspecified atom stereocenters. The number of hydrogen-bond acceptors (Lipinski definition) is 12. The number of carbonyl (C=O) groups is 4. The third kappa shape index (κ3) is 8.75. The van der Waals surface area contributed by atoms with E-state index in [-0.39, 0.29) is 55.3 Å². The summed E-state index contributed by atoms with van der Waals surface area (Å²) >= 11 is 0. The minimum atomic E-state index is -1.19. The summed E-state index contributed by atoms with van der Waals surface area (Å²) in [5, 5.41) is 16.7. The second-order valence-electron chi connectivity index (χ2n) is 12.1. The summed E-state index contributed by atoms with van der Waals surface area (Å²) in [5.41, 5.74) is 1.05. The maximum Gasteiger partial charge on any atom is 0.326 e. The lowest BCUT2D eigenvalue weighted by molar-refractivity contribution is -0.140. The zero-order chi connectivity index (χ0) is 37.4. The van der Waals surface area contributed by atoms with E-state index in [4.69, 9.17) is 29.0 Å². The fourth-order valence-corrected chi connectivity index (χ4v) is 8.11. The van der Waals surface area contributed by atoms with Crippen molar-refractivity contribution < 1.29 is 43.2 Å². The predicted octanol–water partition coefficient (Wildman–Crippen LogP) is 3.55. The van der Waals surface area contributed by atoms with E-state index in [1.54, 1.807) is 62.5 Å². The van der Waals surface area contributed by atoms with Crippen molar-refractivity contribution >= 4 is 78.4 Å². The van der Waals surface area contributed by atoms with Gasteiger partial charge in [0, 0.05) is 78.9 Å². The number of aliphatic carboxylic acids is 1. The van der Waals surface area contributed by atoms with Gasteiger partial charge < -0.3 is 44.2 Å². The molecule has 3 N–H and O–H groups in total. The summed E-state index contributed by atoms with van der Waals surface area (Å²) in [6.45, 7) is 3.05. The van der Waals surface area contributed by atoms with E-state index < -0.39 is 12.0 Å². The number of rotatable bonds is 19. The number of ether oxygens (including phenoxy) is 4. The fourth-order valence-electron chi connectivity index (χ4n) is 5.86. The number of amides is 3. The van der Waals surface area contributed by atoms with Crippen molar-refractivity contribution in [2.45, 2.75) is 50.4 Å². The van der Waals surface area contributed by atoms with Crippen LogP contribution in [0.3, 0.4) is 0 Å². The quantitative estimate of drug-likeness (QED) is 0.0546. The average Bonchev–Trinajstić information content (AvgIpc) is 3.60. The Bertz CT molecular complexity index is 2040. The highest BCUT2D eigenvalue weighted by Crippen LogP contribution is 2.40. The standard InChI is InChI=1S/C35H41N5O10S2/c1-20(52-51-12-9-36-31(42)7-6-25(35(45)46)38-18-41)5-8-32(43)39(2)10-11-40-33-23-15-29-30(50-19-49-29)16-26(23)37-17-24(33)21-13-27(47-3)28(48-4)14-22(21)34(40)44/h13-18,20,25H,5-12,19H2,1-4H3,(H,36,42)(H,38,41)(H,45,46). The lowest BCUT2D eigenvalue weighted by atomic mass is 10.0. The fraction of sp³-hybridized carbons (Fsp3) is 0.429. The van der Waals surface area contributed by atoms with Crippen LogP contribution in [0.15, 0.2) is 35.3 Å². The first-order chi connectivity index (χ1) is 25.1. The lowest BCUT2D eigenvalue weighted by Crippen LogP contribution is -2.37. The number of carboxylic acid groups (broad SMARTS) is 1. The molecule has 0 spiro atoms. The second kappa shape index (κ2) is 17.5. The zero-order valence-electron chi connectivity index (χ0n) is 29.3. The Kier molecular flexibility index (Phi) is 12.9. The molecule has 2 atom stereocenters. The Balaban J connectivity index is 1.20. The SMILES string of the molecule is COc1cc2c(=O)n(CCN(C)C(=O)CCC(C)SSCCNC(=O)CCC(NC=O)C(=O)O)c3c4cc5c(cc4ncc3c2cc1OC)OCO5. The molecule has 2 aromatic carbocycles. The Morgan fingerprint density at radius 2 is 1.75 bits per heavy atom. The van der Waals surface area contributed by atoms with Gasteiger partial charge in [0.1, 0.15) is 6.04 Å². The van der Waals surface area contributed by atoms with Crippen LogP contribution in [0.1, 0.15) is 32.6 Å². The number of nitrogens with zero attached hydrogens (tertiary/aromatic N) is 3. The van der Waals surface area contributed by atoms with Crippen LogP contribution in [-0.4, -0.2) is 102 Å². The molecule has 4 aromatic rings. The summed E-state index contributed by atoms with van der Waals surface area (Å²) in [4.78, 5) is 67.4. The highest BCUT2D eigenvalue weighted by molar-refractivity contribution is 8.76. The van der Waals surface area contributed by atoms with Gasteiger partial charge in [-0.05, 0) is 31.0 Å². The number of aromatic nitrogens is 2. The van der Waals surface area contributed by atoms with Gasteiger partial charge in [-0.1, -0.05) is 28.5 Å². The maximum absolute atomic E-state index is 14.2. The van der Waals surface area contributed by atoms with E-state index >= 15 is 0 Å². The molecule has 17 heteroatoms. The van der Waals surface area contributed by atoms with Crippen molar-refractivity contribution in [2.24, 2.45) is 0 Å². The minimum absolute atomic E-state index is 0.00300. The van der Waals surface area contributed by atoms with Crippen LogP contribution in [0.2, 0.25) is 0 Å². The average molecular weight is 756 g/mol. The zero-order valence-corrected chi connectivity index (χ0v) is 30.9. The summed E-state index contributed by atoms with van der Waals surface area (Å²) in [7, 11) is 7.97. The van der Waals surface area contributed by atoms with Gasteiger partial charge in [0.05, 0.1) is 30.6 Å². The number of nitrogens with one attached hydrogen (secondary N) is 2. The van der Waals surface area contributed by atoms with Crippen molar-refractivity contribution in [3.8, 4) is 23.0 Å². The van der Waals surface area contributed by atoms with E-state index in [2.05, 4.69) is 10.6 Å². The molecule has 52 heavy (non-hydrogen) atoms. The van der Waals surface area contributed by atoms with Crippen molar-refractivity contribution in [1.29, 1.82) is 0 Å². The number of carboxylic acids is 1. The third-order valence-corrected chi connectivity index (χ3v) is 11.7. The van der Waals surface area contributed by atoms with Gasteiger partial charge in [-0.25, -0.2) is 4.79 Å². The van der Waals surface area contributed by atoms with Gasteiger partial charge in [0.15, 0.2) is 23.0 Å². The van der Waals surface area contributed by atoms with Crippen LogP contribution in [0.5, 0.6) is 23.0 Å². The summed E-state index contributed by atoms with van der Waals surface area (Å²) < 4.78 is 24.0. The van der Waals surface area contributed by atoms with Crippen molar-refractivity contribution in [2.75, 3.05) is 46.9 Å². The molecular weight excluding hydrogens is 715 g/mol. The third-order valence-electron chi connectivity index (χ3n) is 8.71. The van der Waals surface area contributed by atoms with E-state index in [9.17, 15) is 24.0 Å². The Morgan fingerprint density at radius 1 is 1.04 bits per heavy atom. The van der Waals surface area contributed by atoms with Gasteiger partial charge >= 0.3 is 5.97 Å². The lowest BCUT2D eigenvalue weighted by Gasteiger charge is -2.21. The van der Waals surface area contributed by atoms with Crippen LogP contribution < -0.4 is 35.1 Å². The minimum Gasteiger partial charge on any atom is -0.493 e. The molecule has 3 heterocycles. The van der Waals surface area contributed by atoms with Gasteiger partial charge in [0.25, 0.3) is 5.56 Å². The van der Waals surface area contributed by atoms with E-state index in [0.29, 0.717) is 81.7 Å². The molecule has 5 rings (SSSR count). The van der Waals surface area contributed by atoms with Crippen LogP contribution in [0, 0.1) is 0 Å². The van der Waals surface area contributed by atoms with E-state index in [0.717, 1.165) is 5.39 Å². The van der Waals surface area contributed by atoms with Crippen LogP contribution >= 0.6 is 21.6 Å². The summed E-state index contributed by atoms with van der Waals surface area (Å²) in [5.74, 6) is 1.15. The number of hydrogen-bond donors (Lipinski definition) is 3. The smallest absolute Gasteiger partial charge is 0.326 e. The van der Waals surface area contributed by atoms with Crippen LogP contribution in [0.25, 0.3) is 32.6 Å². The predicted molar refractivity (Wildman–Crippen MR) is 199 cm³/mol. The highest BCUT2D eigenvalue weighted by atomic mass is 33.1. The Labute approximate surface area is 307 Å². The first-order valence-electron chi connectivity index (χ1n) is 16.6. The Hall–Kier alpha value is -4.90. The summed E-state index contributed by atoms with van der Waals surface area (Å²) in [6.07, 6.45) is 2.98. The molecule has 0 saturated heterocycles. The Morgan fingerprint density at radius 3 is 2.44 bits per heavy atom. The topological polar surface area (TPSA) is 188 Å². The second-order valence-corrected chi connectivity index (χ2v) is 15.0. The first-order valence-corrected chi connectivity index (χ1v) is 19.0. The van der Waals surface area contributed by atoms with E-state index in [1.165, 1.54) is 14.2 Å². The largest absolute Gasteiger partial charge is 0.493 e. The number of carbonyl (C=O) groups excluding carboxylic acids is 3. The molecular formula is C35H41N5O10S2. The molecule has 0 bridgehead atoms. The molecule has 2 aromatic heterocycles. The molecule has 0 fully saturated rings. The molecule has 1 aliphatic rings. The molecule has 1 aliphatic heterocycles. The van der Waals surface area contributed by atoms with Gasteiger partial charge in [-0.2, -0.15) is 0 Å². The van der Waals surface area contributed by atoms with Gasteiger partial charge in [-0.3, -0.25) is 24.2 Å². The van der Waals surface area contributed by atoms with Crippen molar-refractivity contribution in [3.05, 3.63) is 40.8 Å². The van der Waals surface area contributed by atoms with Crippen molar-refractivity contribution in [1.82, 2.24) is 25.1 Å². The first kappa shape index (κ1) is 38.3. The van der Waals surface area contributed by atoms with Crippen molar-refractivity contribution in [3.63, 3.8) is 0 Å². The molecule has 3 amide bonds. The molecule has 0 radical (unpaired) electrons. The monoisotopic (exact) mass is 755 g/mol. The molecule has 0 saturated carbocycles.